The first-order valence-electron chi connectivity index (χ1n) is 31.0. The lowest BCUT2D eigenvalue weighted by Crippen LogP contribution is -1.99. The number of phenols is 2. The molecule has 0 bridgehead atoms. The Kier molecular flexibility index (Phi) is 15.5. The number of benzene rings is 13. The predicted octanol–water partition coefficient (Wildman–Crippen LogP) is 23.7. The fourth-order valence-corrected chi connectivity index (χ4v) is 13.2. The Labute approximate surface area is 517 Å². The third kappa shape index (κ3) is 10.5. The number of nitrogens with zero attached hydrogens (tertiary/aromatic N) is 2. The van der Waals surface area contributed by atoms with Crippen LogP contribution in [0.15, 0.2) is 253 Å². The minimum Gasteiger partial charge on any atom is -0.507 e. The Bertz CT molecular complexity index is 4430. The zero-order chi connectivity index (χ0) is 60.7. The van der Waals surface area contributed by atoms with Crippen molar-refractivity contribution in [1.29, 1.82) is 0 Å². The normalized spacial score (nSPS) is 12.0. The molecule has 13 aromatic carbocycles. The second-order valence-electron chi connectivity index (χ2n) is 24.7. The van der Waals surface area contributed by atoms with Gasteiger partial charge in [-0.2, -0.15) is 0 Å². The van der Waals surface area contributed by atoms with Gasteiger partial charge in [0.2, 0.25) is 0 Å². The summed E-state index contributed by atoms with van der Waals surface area (Å²) >= 11 is 0. The molecule has 13 rings (SSSR count). The molecule has 13 aromatic rings. The van der Waals surface area contributed by atoms with E-state index in [9.17, 15) is 10.2 Å². The van der Waals surface area contributed by atoms with E-state index in [1.807, 2.05) is 48.8 Å². The van der Waals surface area contributed by atoms with E-state index in [1.165, 1.54) is 0 Å². The highest BCUT2D eigenvalue weighted by Crippen LogP contribution is 2.49. The standard InChI is InChI=1S/C84H72N2O2/c1-51(2)75-45-61(46-76(52(3)4)81(75)85-49-59-29-23-41-73(83(59)87)79-65-33-13-9-25-55(65)43-56-26-10-14-34-66(56)79)63-31-17-19-37-69(63)71-39-21-22-40-72(71)70-38-20-18-32-64(70)62-47-77(53(5)6)82(78(48-62)54(7)8)86-50-60-30-24-42-74(84(60)88)80-67-35-15-11-27-57(67)44-58-28-12-16-36-68(58)80/h9-54,87-88H,1-8H3. The smallest absolute Gasteiger partial charge is 0.132 e. The average Bonchev–Trinajstić information content (AvgIpc) is 0.968. The van der Waals surface area contributed by atoms with Crippen LogP contribution in [0.3, 0.4) is 0 Å². The highest BCUT2D eigenvalue weighted by molar-refractivity contribution is 6.15. The van der Waals surface area contributed by atoms with Gasteiger partial charge in [-0.1, -0.05) is 250 Å². The molecular weight excluding hydrogens is 1070 g/mol. The number of fused-ring (bicyclic) bond motifs is 4. The van der Waals surface area contributed by atoms with Gasteiger partial charge in [0.05, 0.1) is 11.4 Å². The molecule has 0 aromatic heterocycles. The number of rotatable bonds is 14. The van der Waals surface area contributed by atoms with Gasteiger partial charge in [0, 0.05) is 45.8 Å². The fourth-order valence-electron chi connectivity index (χ4n) is 13.2. The van der Waals surface area contributed by atoms with E-state index in [2.05, 4.69) is 262 Å². The highest BCUT2D eigenvalue weighted by atomic mass is 16.3. The first kappa shape index (κ1) is 56.9. The van der Waals surface area contributed by atoms with Gasteiger partial charge in [0.1, 0.15) is 11.5 Å². The Hall–Kier alpha value is -10.2. The lowest BCUT2D eigenvalue weighted by Gasteiger charge is -2.22. The van der Waals surface area contributed by atoms with Gasteiger partial charge in [0.15, 0.2) is 0 Å². The summed E-state index contributed by atoms with van der Waals surface area (Å²) in [6, 6.07) is 86.0. The molecule has 88 heavy (non-hydrogen) atoms. The number of phenolic OH excluding ortho intramolecular Hbond substituents is 2. The Morgan fingerprint density at radius 3 is 0.818 bits per heavy atom. The molecule has 0 radical (unpaired) electrons. The number of hydrogen-bond acceptors (Lipinski definition) is 4. The minimum absolute atomic E-state index is 0.154. The van der Waals surface area contributed by atoms with E-state index in [0.29, 0.717) is 11.1 Å². The molecule has 0 unspecified atom stereocenters. The van der Waals surface area contributed by atoms with Crippen LogP contribution in [0.25, 0.3) is 110 Å². The number of para-hydroxylation sites is 2. The monoisotopic (exact) mass is 1140 g/mol. The van der Waals surface area contributed by atoms with Crippen molar-refractivity contribution in [3.05, 3.63) is 276 Å². The zero-order valence-electron chi connectivity index (χ0n) is 51.3. The maximum atomic E-state index is 12.2. The maximum Gasteiger partial charge on any atom is 0.132 e. The minimum atomic E-state index is 0.154. The van der Waals surface area contributed by atoms with E-state index in [-0.39, 0.29) is 35.2 Å². The summed E-state index contributed by atoms with van der Waals surface area (Å²) in [4.78, 5) is 10.7. The fraction of sp³-hybridized carbons (Fsp3) is 0.143. The second kappa shape index (κ2) is 24.0. The molecule has 0 amide bonds. The van der Waals surface area contributed by atoms with Crippen LogP contribution in [0.2, 0.25) is 0 Å². The van der Waals surface area contributed by atoms with Crippen LogP contribution in [-0.2, 0) is 0 Å². The van der Waals surface area contributed by atoms with Crippen LogP contribution in [0.5, 0.6) is 11.5 Å². The summed E-state index contributed by atoms with van der Waals surface area (Å²) in [5.41, 5.74) is 20.6. The Morgan fingerprint density at radius 1 is 0.273 bits per heavy atom. The van der Waals surface area contributed by atoms with Gasteiger partial charge in [-0.05, 0) is 182 Å². The van der Waals surface area contributed by atoms with Crippen molar-refractivity contribution in [1.82, 2.24) is 0 Å². The van der Waals surface area contributed by atoms with E-state index in [1.54, 1.807) is 0 Å². The van der Waals surface area contributed by atoms with Gasteiger partial charge >= 0.3 is 0 Å². The van der Waals surface area contributed by atoms with Crippen molar-refractivity contribution in [3.63, 3.8) is 0 Å². The van der Waals surface area contributed by atoms with Crippen molar-refractivity contribution in [3.8, 4) is 78.3 Å². The van der Waals surface area contributed by atoms with Gasteiger partial charge in [0.25, 0.3) is 0 Å². The number of aromatic hydroxyl groups is 2. The second-order valence-corrected chi connectivity index (χ2v) is 24.7. The number of hydrogen-bond donors (Lipinski definition) is 2. The van der Waals surface area contributed by atoms with Gasteiger partial charge in [-0.3, -0.25) is 9.98 Å². The van der Waals surface area contributed by atoms with Crippen molar-refractivity contribution in [2.45, 2.75) is 79.1 Å². The maximum absolute atomic E-state index is 12.2. The van der Waals surface area contributed by atoms with Crippen LogP contribution in [0.1, 0.15) is 112 Å². The molecule has 4 nitrogen and oxygen atoms in total. The molecular formula is C84H72N2O2. The quantitative estimate of drug-likeness (QED) is 0.0842. The molecule has 0 heterocycles. The van der Waals surface area contributed by atoms with Crippen molar-refractivity contribution in [2.24, 2.45) is 9.98 Å². The Balaban J connectivity index is 0.873. The third-order valence-electron chi connectivity index (χ3n) is 17.7. The molecule has 0 aliphatic carbocycles. The molecule has 0 aliphatic rings. The highest BCUT2D eigenvalue weighted by Gasteiger charge is 2.24. The molecule has 0 atom stereocenters. The van der Waals surface area contributed by atoms with E-state index in [4.69, 9.17) is 9.98 Å². The van der Waals surface area contributed by atoms with Crippen LogP contribution in [0.4, 0.5) is 11.4 Å². The van der Waals surface area contributed by atoms with Gasteiger partial charge < -0.3 is 10.2 Å². The van der Waals surface area contributed by atoms with E-state index >= 15 is 0 Å². The molecule has 0 saturated carbocycles. The van der Waals surface area contributed by atoms with Gasteiger partial charge in [-0.15, -0.1) is 0 Å². The molecule has 0 saturated heterocycles. The molecule has 0 aliphatic heterocycles. The number of aliphatic imine (C=N–C) groups is 2. The van der Waals surface area contributed by atoms with Crippen LogP contribution >= 0.6 is 0 Å². The first-order chi connectivity index (χ1) is 42.8. The SMILES string of the molecule is CC(C)c1cc(-c2ccccc2-c2ccccc2-c2ccccc2-c2cc(C(C)C)c(N=Cc3cccc(-c4c5ccccc5cc5ccccc45)c3O)c(C(C)C)c2)cc(C(C)C)c1N=Cc1cccc(-c2c3ccccc3cc3ccccc23)c1O. The summed E-state index contributed by atoms with van der Waals surface area (Å²) in [7, 11) is 0. The van der Waals surface area contributed by atoms with Crippen molar-refractivity contribution in [2.75, 3.05) is 0 Å². The largest absolute Gasteiger partial charge is 0.507 e. The molecule has 0 fully saturated rings. The first-order valence-corrected chi connectivity index (χ1v) is 31.0. The molecule has 0 spiro atoms. The topological polar surface area (TPSA) is 65.2 Å². The third-order valence-corrected chi connectivity index (χ3v) is 17.7. The summed E-state index contributed by atoms with van der Waals surface area (Å²) in [5, 5.41) is 33.4. The summed E-state index contributed by atoms with van der Waals surface area (Å²) in [6.07, 6.45) is 3.71. The zero-order valence-corrected chi connectivity index (χ0v) is 51.3. The lowest BCUT2D eigenvalue weighted by atomic mass is 9.83. The van der Waals surface area contributed by atoms with Crippen LogP contribution in [0, 0.1) is 0 Å². The summed E-state index contributed by atoms with van der Waals surface area (Å²) < 4.78 is 0. The summed E-state index contributed by atoms with van der Waals surface area (Å²) in [5.74, 6) is 1.04. The molecule has 430 valence electrons. The van der Waals surface area contributed by atoms with Crippen LogP contribution in [-0.4, -0.2) is 22.6 Å². The van der Waals surface area contributed by atoms with Crippen molar-refractivity contribution >= 4 is 66.9 Å². The van der Waals surface area contributed by atoms with Crippen LogP contribution < -0.4 is 0 Å². The van der Waals surface area contributed by atoms with Gasteiger partial charge in [-0.25, -0.2) is 0 Å². The van der Waals surface area contributed by atoms with Crippen molar-refractivity contribution < 1.29 is 10.2 Å². The predicted molar refractivity (Wildman–Crippen MR) is 376 cm³/mol. The summed E-state index contributed by atoms with van der Waals surface area (Å²) in [6.45, 7) is 18.0. The molecule has 4 heteroatoms. The van der Waals surface area contributed by atoms with E-state index < -0.39 is 0 Å². The average molecular weight is 1140 g/mol. The Morgan fingerprint density at radius 2 is 0.523 bits per heavy atom. The lowest BCUT2D eigenvalue weighted by molar-refractivity contribution is 0.476. The van der Waals surface area contributed by atoms with E-state index in [0.717, 1.165) is 143 Å². The molecule has 2 N–H and O–H groups in total.